The van der Waals surface area contributed by atoms with Gasteiger partial charge in [-0.05, 0) is 257 Å². The van der Waals surface area contributed by atoms with E-state index in [0.717, 1.165) is 0 Å². The van der Waals surface area contributed by atoms with E-state index in [1.54, 1.807) is 0 Å². The van der Waals surface area contributed by atoms with Crippen molar-refractivity contribution in [1.82, 2.24) is 0 Å². The number of hydrogen-bond acceptors (Lipinski definition) is 0. The van der Waals surface area contributed by atoms with E-state index in [-0.39, 0.29) is 5.41 Å². The fourth-order valence-electron chi connectivity index (χ4n) is 10.2. The minimum Gasteiger partial charge on any atom is -0.0617 e. The monoisotopic (exact) mass is 1190 g/mol. The van der Waals surface area contributed by atoms with Crippen molar-refractivity contribution in [3.05, 3.63) is 352 Å². The molecular weight excluding hydrogens is 1080 g/mol. The van der Waals surface area contributed by atoms with Gasteiger partial charge >= 0.3 is 0 Å². The van der Waals surface area contributed by atoms with Crippen LogP contribution in [-0.2, 0) is 5.41 Å². The van der Waals surface area contributed by atoms with Crippen molar-refractivity contribution in [3.63, 3.8) is 0 Å². The van der Waals surface area contributed by atoms with Crippen LogP contribution in [0, 0.1) is 145 Å². The summed E-state index contributed by atoms with van der Waals surface area (Å²) >= 11 is 0. The number of hydrogen-bond donors (Lipinski definition) is 0. The first-order chi connectivity index (χ1) is 42.5. The zero-order chi connectivity index (χ0) is 66.4. The van der Waals surface area contributed by atoms with Crippen LogP contribution in [-0.4, -0.2) is 0 Å². The topological polar surface area (TPSA) is 0 Å². The molecule has 0 aromatic heterocycles. The molecule has 0 spiro atoms. The van der Waals surface area contributed by atoms with Crippen molar-refractivity contribution in [2.75, 3.05) is 0 Å². The molecule has 11 aromatic carbocycles. The van der Waals surface area contributed by atoms with Gasteiger partial charge in [-0.15, -0.1) is 0 Å². The standard InChI is InChI=1S/C18H22.C17H20.C16H18.C14H14.C9H12.2C8H10/c1-11-7-17(8-12(2)15(11)5)18-9-13(3)16(6)14(4)10-18;1-13-5-9-15(10-6-13)17(3,4)16-11-7-14(2)8-12-16;1-11-5-7-15(9-13(11)3)16-8-6-12(2)14(4)10-16;1-11-3-7-13(8-4-11)14-9-5-12(2)6-10-14;1-7-4-5-8(2)9(3)6-7;1-7-3-5-8(2)6-4-7;1-7-4-3-5-8(2)6-7/h7-10H,1-6H3;5-12H,1-4H3;5-10H,1-4H3;3-10H,1-2H3;4-6H,1-3H3;2*3-6H,1-2H3. The molecule has 0 atom stereocenters. The van der Waals surface area contributed by atoms with Gasteiger partial charge in [-0.1, -0.05) is 288 Å². The molecule has 0 amide bonds. The van der Waals surface area contributed by atoms with Crippen LogP contribution < -0.4 is 0 Å². The highest BCUT2D eigenvalue weighted by molar-refractivity contribution is 5.69. The molecule has 0 heterocycles. The van der Waals surface area contributed by atoms with E-state index < -0.39 is 0 Å². The molecule has 90 heavy (non-hydrogen) atoms. The lowest BCUT2D eigenvalue weighted by atomic mass is 9.78. The van der Waals surface area contributed by atoms with E-state index in [2.05, 4.69) is 384 Å². The van der Waals surface area contributed by atoms with Crippen molar-refractivity contribution < 1.29 is 0 Å². The molecule has 11 rings (SSSR count). The van der Waals surface area contributed by atoms with Crippen molar-refractivity contribution in [1.29, 1.82) is 0 Å². The highest BCUT2D eigenvalue weighted by Gasteiger charge is 2.22. The molecule has 0 nitrogen and oxygen atoms in total. The van der Waals surface area contributed by atoms with Crippen LogP contribution in [0.4, 0.5) is 0 Å². The zero-order valence-corrected chi connectivity index (χ0v) is 59.4. The van der Waals surface area contributed by atoms with E-state index in [0.29, 0.717) is 0 Å². The van der Waals surface area contributed by atoms with Crippen LogP contribution in [0.15, 0.2) is 224 Å². The number of aryl methyl sites for hydroxylation is 19. The maximum atomic E-state index is 2.30. The summed E-state index contributed by atoms with van der Waals surface area (Å²) in [6, 6.07) is 80.9. The van der Waals surface area contributed by atoms with Gasteiger partial charge in [-0.2, -0.15) is 0 Å². The summed E-state index contributed by atoms with van der Waals surface area (Å²) in [7, 11) is 0. The van der Waals surface area contributed by atoms with E-state index in [1.807, 2.05) is 0 Å². The second kappa shape index (κ2) is 34.4. The molecule has 0 aliphatic rings. The Morgan fingerprint density at radius 3 is 0.644 bits per heavy atom. The molecule has 0 bridgehead atoms. The highest BCUT2D eigenvalue weighted by atomic mass is 14.3. The third kappa shape index (κ3) is 22.8. The molecular formula is C90H106. The lowest BCUT2D eigenvalue weighted by Gasteiger charge is -2.26. The third-order valence-corrected chi connectivity index (χ3v) is 17.6. The summed E-state index contributed by atoms with van der Waals surface area (Å²) in [5.41, 5.74) is 39.1. The lowest BCUT2D eigenvalue weighted by Crippen LogP contribution is -2.18. The second-order valence-corrected chi connectivity index (χ2v) is 26.1. The fourth-order valence-corrected chi connectivity index (χ4v) is 10.2. The summed E-state index contributed by atoms with van der Waals surface area (Å²) in [5, 5.41) is 0. The summed E-state index contributed by atoms with van der Waals surface area (Å²) in [4.78, 5) is 0. The molecule has 0 N–H and O–H groups in total. The quantitative estimate of drug-likeness (QED) is 0.161. The first kappa shape index (κ1) is 72.2. The molecule has 0 unspecified atom stereocenters. The van der Waals surface area contributed by atoms with Gasteiger partial charge in [-0.3, -0.25) is 0 Å². The SMILES string of the molecule is Cc1cc(-c2cc(C)c(C)c(C)c2)cc(C)c1C.Cc1ccc(-c2ccc(C)c(C)c2)cc1C.Cc1ccc(-c2ccc(C)cc2)cc1.Cc1ccc(C(C)(C)c2ccc(C)cc2)cc1.Cc1ccc(C)c(C)c1.Cc1ccc(C)cc1.Cc1cccc(C)c1. The first-order valence-electron chi connectivity index (χ1n) is 32.2. The molecule has 0 heteroatoms. The second-order valence-electron chi connectivity index (χ2n) is 26.1. The van der Waals surface area contributed by atoms with Crippen molar-refractivity contribution >= 4 is 0 Å². The van der Waals surface area contributed by atoms with Gasteiger partial charge in [0.15, 0.2) is 0 Å². The Hall–Kier alpha value is -8.58. The van der Waals surface area contributed by atoms with E-state index >= 15 is 0 Å². The Bertz CT molecular complexity index is 3730. The van der Waals surface area contributed by atoms with Crippen LogP contribution >= 0.6 is 0 Å². The van der Waals surface area contributed by atoms with Gasteiger partial charge in [0.2, 0.25) is 0 Å². The lowest BCUT2D eigenvalue weighted by molar-refractivity contribution is 0.640. The molecule has 11 aromatic rings. The summed E-state index contributed by atoms with van der Waals surface area (Å²) in [6.45, 7) is 49.6. The minimum atomic E-state index is 0.0708. The van der Waals surface area contributed by atoms with E-state index in [4.69, 9.17) is 0 Å². The Balaban J connectivity index is 0.000000195. The number of rotatable bonds is 5. The van der Waals surface area contributed by atoms with Crippen LogP contribution in [0.25, 0.3) is 33.4 Å². The van der Waals surface area contributed by atoms with Crippen LogP contribution in [0.3, 0.4) is 0 Å². The molecule has 0 saturated heterocycles. The van der Waals surface area contributed by atoms with Gasteiger partial charge in [0.1, 0.15) is 0 Å². The molecule has 0 radical (unpaired) electrons. The molecule has 0 fully saturated rings. The fraction of sp³-hybridized carbons (Fsp3) is 0.267. The van der Waals surface area contributed by atoms with Crippen molar-refractivity contribution in [2.45, 2.75) is 165 Å². The average molecular weight is 1190 g/mol. The Kier molecular flexibility index (Phi) is 27.6. The molecule has 0 saturated carbocycles. The third-order valence-electron chi connectivity index (χ3n) is 17.6. The van der Waals surface area contributed by atoms with Gasteiger partial charge in [0.05, 0.1) is 0 Å². The molecule has 466 valence electrons. The van der Waals surface area contributed by atoms with Gasteiger partial charge in [0.25, 0.3) is 0 Å². The minimum absolute atomic E-state index is 0.0708. The van der Waals surface area contributed by atoms with Gasteiger partial charge < -0.3 is 0 Å². The predicted octanol–water partition coefficient (Wildman–Crippen LogP) is 25.6. The Morgan fingerprint density at radius 1 is 0.167 bits per heavy atom. The average Bonchev–Trinajstić information content (AvgIpc) is 1.13. The van der Waals surface area contributed by atoms with Crippen LogP contribution in [0.5, 0.6) is 0 Å². The highest BCUT2D eigenvalue weighted by Crippen LogP contribution is 2.32. The largest absolute Gasteiger partial charge is 0.0617 e. The Labute approximate surface area is 547 Å². The van der Waals surface area contributed by atoms with E-state index in [9.17, 15) is 0 Å². The maximum Gasteiger partial charge on any atom is 0.0146 e. The van der Waals surface area contributed by atoms with E-state index in [1.165, 1.54) is 161 Å². The van der Waals surface area contributed by atoms with Gasteiger partial charge in [0, 0.05) is 5.41 Å². The summed E-state index contributed by atoms with van der Waals surface area (Å²) in [6.07, 6.45) is 0. The van der Waals surface area contributed by atoms with Crippen molar-refractivity contribution in [2.24, 2.45) is 0 Å². The first-order valence-corrected chi connectivity index (χ1v) is 32.2. The summed E-state index contributed by atoms with van der Waals surface area (Å²) in [5.74, 6) is 0. The van der Waals surface area contributed by atoms with Crippen LogP contribution in [0.2, 0.25) is 0 Å². The number of benzene rings is 11. The Morgan fingerprint density at radius 2 is 0.389 bits per heavy atom. The van der Waals surface area contributed by atoms with Crippen molar-refractivity contribution in [3.8, 4) is 33.4 Å². The molecule has 0 aliphatic heterocycles. The van der Waals surface area contributed by atoms with Crippen LogP contribution in [0.1, 0.15) is 142 Å². The maximum absolute atomic E-state index is 2.30. The normalized spacial score (nSPS) is 10.4. The zero-order valence-electron chi connectivity index (χ0n) is 59.4. The van der Waals surface area contributed by atoms with Gasteiger partial charge in [-0.25, -0.2) is 0 Å². The predicted molar refractivity (Wildman–Crippen MR) is 399 cm³/mol. The summed E-state index contributed by atoms with van der Waals surface area (Å²) < 4.78 is 0. The smallest absolute Gasteiger partial charge is 0.0146 e. The molecule has 0 aliphatic carbocycles.